The van der Waals surface area contributed by atoms with Gasteiger partial charge >= 0.3 is 5.97 Å². The second-order valence-corrected chi connectivity index (χ2v) is 12.2. The van der Waals surface area contributed by atoms with E-state index in [9.17, 15) is 24.3 Å². The predicted octanol–water partition coefficient (Wildman–Crippen LogP) is 8.57. The average molecular weight is 697 g/mol. The average Bonchev–Trinajstić information content (AvgIpc) is 3.10. The molecule has 0 aliphatic rings. The molecule has 0 bridgehead atoms. The zero-order valence-electron chi connectivity index (χ0n) is 25.0. The lowest BCUT2D eigenvalue weighted by molar-refractivity contribution is -0.116. The molecule has 0 heterocycles. The van der Waals surface area contributed by atoms with Gasteiger partial charge < -0.3 is 21.1 Å². The summed E-state index contributed by atoms with van der Waals surface area (Å²) in [6.07, 6.45) is 1.45. The fourth-order valence-corrected chi connectivity index (χ4v) is 5.96. The topological polar surface area (TPSA) is 125 Å². The molecule has 1 atom stereocenters. The number of thioether (sulfide) groups is 1. The van der Waals surface area contributed by atoms with Crippen molar-refractivity contribution < 1.29 is 24.3 Å². The molecule has 0 saturated carbocycles. The summed E-state index contributed by atoms with van der Waals surface area (Å²) in [7, 11) is 0. The van der Waals surface area contributed by atoms with Crippen molar-refractivity contribution in [3.8, 4) is 0 Å². The Balaban J connectivity index is 1.38. The van der Waals surface area contributed by atoms with E-state index < -0.39 is 23.0 Å². The third-order valence-corrected chi connectivity index (χ3v) is 8.98. The quantitative estimate of drug-likeness (QED) is 0.0811. The third kappa shape index (κ3) is 8.92. The van der Waals surface area contributed by atoms with Crippen molar-refractivity contribution in [3.63, 3.8) is 0 Å². The number of carboxylic acids is 1. The van der Waals surface area contributed by atoms with Gasteiger partial charge in [-0.25, -0.2) is 4.79 Å². The van der Waals surface area contributed by atoms with Gasteiger partial charge in [0.2, 0.25) is 5.91 Å². The number of anilines is 2. The largest absolute Gasteiger partial charge is 0.478 e. The summed E-state index contributed by atoms with van der Waals surface area (Å²) in [4.78, 5) is 52.1. The Morgan fingerprint density at radius 1 is 0.688 bits per heavy atom. The van der Waals surface area contributed by atoms with E-state index >= 15 is 0 Å². The molecule has 0 radical (unpaired) electrons. The van der Waals surface area contributed by atoms with E-state index in [1.807, 2.05) is 36.4 Å². The van der Waals surface area contributed by atoms with Crippen LogP contribution in [0.2, 0.25) is 10.0 Å². The monoisotopic (exact) mass is 695 g/mol. The maximum atomic E-state index is 13.6. The number of carbonyl (C=O) groups excluding carboxylic acids is 3. The lowest BCUT2D eigenvalue weighted by Crippen LogP contribution is -2.30. The van der Waals surface area contributed by atoms with Gasteiger partial charge in [-0.05, 0) is 77.9 Å². The van der Waals surface area contributed by atoms with Crippen molar-refractivity contribution in [2.24, 2.45) is 0 Å². The number of nitrogens with one attached hydrogen (secondary N) is 3. The van der Waals surface area contributed by atoms with Crippen LogP contribution in [0.15, 0.2) is 138 Å². The molecule has 0 spiro atoms. The minimum Gasteiger partial charge on any atom is -0.478 e. The van der Waals surface area contributed by atoms with E-state index in [-0.39, 0.29) is 22.2 Å². The molecule has 11 heteroatoms. The molecule has 5 aromatic carbocycles. The molecule has 0 fully saturated rings. The molecule has 4 N–H and O–H groups in total. The van der Waals surface area contributed by atoms with Crippen LogP contribution in [0.1, 0.15) is 37.1 Å². The van der Waals surface area contributed by atoms with Crippen LogP contribution in [0.25, 0.3) is 6.08 Å². The number of rotatable bonds is 11. The highest BCUT2D eigenvalue weighted by molar-refractivity contribution is 8.00. The molecule has 5 rings (SSSR count). The summed E-state index contributed by atoms with van der Waals surface area (Å²) in [5, 5.41) is 17.4. The van der Waals surface area contributed by atoms with Gasteiger partial charge in [0.25, 0.3) is 11.8 Å². The smallest absolute Gasteiger partial charge is 0.335 e. The van der Waals surface area contributed by atoms with Crippen molar-refractivity contribution in [1.29, 1.82) is 0 Å². The number of amides is 3. The summed E-state index contributed by atoms with van der Waals surface area (Å²) in [5.74, 6) is -2.49. The van der Waals surface area contributed by atoms with Crippen LogP contribution < -0.4 is 16.0 Å². The normalized spacial score (nSPS) is 11.7. The highest BCUT2D eigenvalue weighted by Crippen LogP contribution is 2.37. The number of carboxylic acid groups (broad SMARTS) is 1. The van der Waals surface area contributed by atoms with Crippen molar-refractivity contribution in [3.05, 3.63) is 165 Å². The maximum absolute atomic E-state index is 13.6. The van der Waals surface area contributed by atoms with Gasteiger partial charge in [0.05, 0.1) is 15.6 Å². The van der Waals surface area contributed by atoms with E-state index in [1.54, 1.807) is 66.7 Å². The number of hydrogen-bond donors (Lipinski definition) is 4. The van der Waals surface area contributed by atoms with Crippen molar-refractivity contribution in [2.45, 2.75) is 10.1 Å². The summed E-state index contributed by atoms with van der Waals surface area (Å²) < 4.78 is 0. The number of halogens is 2. The van der Waals surface area contributed by atoms with Gasteiger partial charge in [-0.1, -0.05) is 89.9 Å². The van der Waals surface area contributed by atoms with Crippen LogP contribution in [-0.4, -0.2) is 28.8 Å². The molecule has 1 unspecified atom stereocenters. The fourth-order valence-electron chi connectivity index (χ4n) is 4.52. The molecule has 0 aliphatic carbocycles. The zero-order chi connectivity index (χ0) is 34.0. The summed E-state index contributed by atoms with van der Waals surface area (Å²) in [6.45, 7) is 0. The van der Waals surface area contributed by atoms with Gasteiger partial charge in [0.15, 0.2) is 0 Å². The fraction of sp³-hybridized carbons (Fsp3) is 0.0270. The molecule has 48 heavy (non-hydrogen) atoms. The minimum atomic E-state index is -1.06. The summed E-state index contributed by atoms with van der Waals surface area (Å²) in [5.41, 5.74) is 2.43. The molecule has 0 aliphatic heterocycles. The molecule has 8 nitrogen and oxygen atoms in total. The maximum Gasteiger partial charge on any atom is 0.335 e. The zero-order valence-corrected chi connectivity index (χ0v) is 27.4. The lowest BCUT2D eigenvalue weighted by Gasteiger charge is -2.18. The third-order valence-electron chi connectivity index (χ3n) is 6.90. The van der Waals surface area contributed by atoms with E-state index in [0.717, 1.165) is 5.56 Å². The molecular weight excluding hydrogens is 669 g/mol. The van der Waals surface area contributed by atoms with Gasteiger partial charge in [0.1, 0.15) is 10.9 Å². The summed E-state index contributed by atoms with van der Waals surface area (Å²) in [6, 6.07) is 35.5. The van der Waals surface area contributed by atoms with E-state index in [0.29, 0.717) is 32.4 Å². The van der Waals surface area contributed by atoms with Crippen LogP contribution in [0.4, 0.5) is 11.4 Å². The molecule has 5 aromatic rings. The van der Waals surface area contributed by atoms with Gasteiger partial charge in [-0.3, -0.25) is 14.4 Å². The van der Waals surface area contributed by atoms with Gasteiger partial charge in [-0.2, -0.15) is 0 Å². The first kappa shape index (κ1) is 34.0. The second kappa shape index (κ2) is 16.0. The lowest BCUT2D eigenvalue weighted by atomic mass is 10.1. The Labute approximate surface area is 290 Å². The van der Waals surface area contributed by atoms with Crippen LogP contribution in [0, 0.1) is 0 Å². The van der Waals surface area contributed by atoms with Crippen molar-refractivity contribution in [1.82, 2.24) is 5.32 Å². The van der Waals surface area contributed by atoms with Gasteiger partial charge in [-0.15, -0.1) is 11.8 Å². The highest BCUT2D eigenvalue weighted by Gasteiger charge is 2.23. The molecule has 240 valence electrons. The standard InChI is InChI=1S/C37H27Cl2N3O5S/c38-30-16-7-13-26(32(30)39)21-31(42-34(43)24-11-5-2-6-12-24)35(44)41-28-14-8-15-29(22-28)48-33(23-9-3-1-4-10-23)36(45)40-27-19-17-25(18-20-27)37(46)47/h1-22,33H,(H,40,45)(H,41,44)(H,42,43)(H,46,47)/b31-21+. The first-order valence-electron chi connectivity index (χ1n) is 14.5. The molecular formula is C37H27Cl2N3O5S. The Kier molecular flexibility index (Phi) is 11.3. The number of carbonyl (C=O) groups is 4. The van der Waals surface area contributed by atoms with E-state index in [4.69, 9.17) is 23.2 Å². The SMILES string of the molecule is O=C(Nc1cccc(SC(C(=O)Nc2ccc(C(=O)O)cc2)c2ccccc2)c1)/C(=C\c1cccc(Cl)c1Cl)NC(=O)c1ccccc1. The Morgan fingerprint density at radius 3 is 2.04 bits per heavy atom. The van der Waals surface area contributed by atoms with Crippen LogP contribution in [0.5, 0.6) is 0 Å². The van der Waals surface area contributed by atoms with Crippen LogP contribution >= 0.6 is 35.0 Å². The first-order chi connectivity index (χ1) is 23.2. The van der Waals surface area contributed by atoms with Crippen LogP contribution in [0.3, 0.4) is 0 Å². The molecule has 3 amide bonds. The molecule has 0 aromatic heterocycles. The highest BCUT2D eigenvalue weighted by atomic mass is 35.5. The Bertz CT molecular complexity index is 1990. The van der Waals surface area contributed by atoms with E-state index in [2.05, 4.69) is 16.0 Å². The number of aromatic carboxylic acids is 1. The Morgan fingerprint density at radius 2 is 1.35 bits per heavy atom. The summed E-state index contributed by atoms with van der Waals surface area (Å²) >= 11 is 13.9. The van der Waals surface area contributed by atoms with Crippen molar-refractivity contribution in [2.75, 3.05) is 10.6 Å². The van der Waals surface area contributed by atoms with E-state index in [1.165, 1.54) is 42.1 Å². The number of benzene rings is 5. The number of hydrogen-bond acceptors (Lipinski definition) is 5. The Hall–Kier alpha value is -5.35. The predicted molar refractivity (Wildman–Crippen MR) is 190 cm³/mol. The van der Waals surface area contributed by atoms with Gasteiger partial charge in [0, 0.05) is 21.8 Å². The van der Waals surface area contributed by atoms with Crippen molar-refractivity contribution >= 4 is 76.1 Å². The minimum absolute atomic E-state index is 0.0680. The first-order valence-corrected chi connectivity index (χ1v) is 16.1. The van der Waals surface area contributed by atoms with Crippen LogP contribution in [-0.2, 0) is 9.59 Å². The second-order valence-electron chi connectivity index (χ2n) is 10.3. The molecule has 0 saturated heterocycles.